The fraction of sp³-hybridized carbons (Fsp3) is 0.432. The molecule has 0 amide bonds. The van der Waals surface area contributed by atoms with Gasteiger partial charge in [0, 0.05) is 30.6 Å². The molecule has 438 valence electrons. The monoisotopic (exact) mass is 1140 g/mol. The minimum atomic E-state index is 0.570. The maximum atomic E-state index is 6.65. The SMILES string of the molecule is CCCCCCCCOc1ccc(C(=Cc2ccc(-c3cc(N)c(N)cc3-c3ccc(C=C(c4ccc(OCCCCCCCC)cc4)c4ccc(OCCCCCCCC)cc4)s3)s2)c2ccc(OCCCCCCCC)cc2)cc1. The second-order valence-electron chi connectivity index (χ2n) is 22.1. The van der Waals surface area contributed by atoms with Crippen molar-refractivity contribution in [3.8, 4) is 43.9 Å². The molecule has 0 radical (unpaired) electrons. The first kappa shape index (κ1) is 63.4. The van der Waals surface area contributed by atoms with Crippen molar-refractivity contribution in [1.82, 2.24) is 0 Å². The number of nitrogen functional groups attached to an aromatic ring is 2. The molecule has 8 heteroatoms. The topological polar surface area (TPSA) is 89.0 Å². The zero-order valence-corrected chi connectivity index (χ0v) is 51.9. The highest BCUT2D eigenvalue weighted by atomic mass is 32.1. The van der Waals surface area contributed by atoms with Gasteiger partial charge in [-0.05, 0) is 156 Å². The molecule has 0 aliphatic carbocycles. The van der Waals surface area contributed by atoms with Crippen LogP contribution in [0.3, 0.4) is 0 Å². The number of benzene rings is 5. The maximum absolute atomic E-state index is 6.65. The number of hydrogen-bond donors (Lipinski definition) is 2. The molecule has 0 saturated carbocycles. The zero-order chi connectivity index (χ0) is 57.4. The van der Waals surface area contributed by atoms with E-state index < -0.39 is 0 Å². The minimum Gasteiger partial charge on any atom is -0.494 e. The van der Waals surface area contributed by atoms with E-state index in [2.05, 4.69) is 161 Å². The van der Waals surface area contributed by atoms with E-state index in [4.69, 9.17) is 30.4 Å². The molecule has 0 unspecified atom stereocenters. The zero-order valence-electron chi connectivity index (χ0n) is 50.3. The molecule has 4 N–H and O–H groups in total. The van der Waals surface area contributed by atoms with E-state index in [1.165, 1.54) is 128 Å². The van der Waals surface area contributed by atoms with E-state index >= 15 is 0 Å². The Morgan fingerprint density at radius 2 is 0.561 bits per heavy atom. The van der Waals surface area contributed by atoms with E-state index in [-0.39, 0.29) is 0 Å². The summed E-state index contributed by atoms with van der Waals surface area (Å²) in [6.07, 6.45) is 34.4. The molecule has 2 heterocycles. The third-order valence-corrected chi connectivity index (χ3v) is 17.4. The van der Waals surface area contributed by atoms with Crippen LogP contribution in [-0.2, 0) is 0 Å². The lowest BCUT2D eigenvalue weighted by Crippen LogP contribution is -1.98. The number of unbranched alkanes of at least 4 members (excludes halogenated alkanes) is 20. The first-order valence-electron chi connectivity index (χ1n) is 31.6. The molecule has 7 aromatic rings. The van der Waals surface area contributed by atoms with Crippen LogP contribution >= 0.6 is 22.7 Å². The quantitative estimate of drug-likeness (QED) is 0.0294. The van der Waals surface area contributed by atoms with Gasteiger partial charge in [0.1, 0.15) is 23.0 Å². The first-order valence-corrected chi connectivity index (χ1v) is 33.2. The summed E-state index contributed by atoms with van der Waals surface area (Å²) in [6.45, 7) is 12.0. The van der Waals surface area contributed by atoms with Crippen molar-refractivity contribution in [3.05, 3.63) is 165 Å². The first-order chi connectivity index (χ1) is 40.3. The lowest BCUT2D eigenvalue weighted by Gasteiger charge is -2.12. The minimum absolute atomic E-state index is 0.570. The van der Waals surface area contributed by atoms with Crippen LogP contribution in [0, 0.1) is 0 Å². The van der Waals surface area contributed by atoms with Crippen LogP contribution in [0.25, 0.3) is 44.2 Å². The molecule has 7 rings (SSSR count). The van der Waals surface area contributed by atoms with Crippen LogP contribution in [0.2, 0.25) is 0 Å². The van der Waals surface area contributed by atoms with Crippen molar-refractivity contribution in [2.24, 2.45) is 0 Å². The van der Waals surface area contributed by atoms with Gasteiger partial charge >= 0.3 is 0 Å². The molecule has 0 aliphatic heterocycles. The number of thiophene rings is 2. The average molecular weight is 1140 g/mol. The van der Waals surface area contributed by atoms with Gasteiger partial charge in [0.2, 0.25) is 0 Å². The lowest BCUT2D eigenvalue weighted by atomic mass is 9.97. The number of nitrogens with two attached hydrogens (primary N) is 2. The van der Waals surface area contributed by atoms with Crippen LogP contribution < -0.4 is 30.4 Å². The summed E-state index contributed by atoms with van der Waals surface area (Å²) in [5.74, 6) is 3.62. The molecule has 2 aromatic heterocycles. The van der Waals surface area contributed by atoms with Crippen LogP contribution in [0.5, 0.6) is 23.0 Å². The van der Waals surface area contributed by atoms with Crippen molar-refractivity contribution >= 4 is 57.3 Å². The molecule has 0 spiro atoms. The Bertz CT molecular complexity index is 2610. The van der Waals surface area contributed by atoms with Gasteiger partial charge in [-0.3, -0.25) is 0 Å². The summed E-state index contributed by atoms with van der Waals surface area (Å²) in [5, 5.41) is 0. The number of hydrogen-bond acceptors (Lipinski definition) is 8. The second kappa shape index (κ2) is 36.4. The number of rotatable bonds is 40. The summed E-state index contributed by atoms with van der Waals surface area (Å²) in [4.78, 5) is 4.51. The van der Waals surface area contributed by atoms with Gasteiger partial charge < -0.3 is 30.4 Å². The van der Waals surface area contributed by atoms with Gasteiger partial charge in [-0.25, -0.2) is 0 Å². The van der Waals surface area contributed by atoms with Crippen LogP contribution in [0.1, 0.15) is 214 Å². The fourth-order valence-corrected chi connectivity index (χ4v) is 12.3. The Labute approximate surface area is 502 Å². The van der Waals surface area contributed by atoms with E-state index in [0.717, 1.165) is 139 Å². The molecular weight excluding hydrogens is 1040 g/mol. The molecule has 0 fully saturated rings. The molecule has 0 saturated heterocycles. The molecule has 0 aliphatic rings. The molecular formula is C74H96N2O4S2. The van der Waals surface area contributed by atoms with Crippen molar-refractivity contribution < 1.29 is 18.9 Å². The smallest absolute Gasteiger partial charge is 0.119 e. The number of anilines is 2. The van der Waals surface area contributed by atoms with Gasteiger partial charge in [-0.1, -0.05) is 205 Å². The van der Waals surface area contributed by atoms with E-state index in [9.17, 15) is 0 Å². The van der Waals surface area contributed by atoms with Gasteiger partial charge in [-0.2, -0.15) is 0 Å². The van der Waals surface area contributed by atoms with Gasteiger partial charge in [0.05, 0.1) is 37.8 Å². The van der Waals surface area contributed by atoms with Gasteiger partial charge in [-0.15, -0.1) is 22.7 Å². The van der Waals surface area contributed by atoms with Crippen molar-refractivity contribution in [1.29, 1.82) is 0 Å². The summed E-state index contributed by atoms with van der Waals surface area (Å²) in [7, 11) is 0. The molecule has 0 atom stereocenters. The van der Waals surface area contributed by atoms with Crippen LogP contribution in [0.15, 0.2) is 133 Å². The average Bonchev–Trinajstić information content (AvgIpc) is 4.36. The summed E-state index contributed by atoms with van der Waals surface area (Å²) in [6, 6.07) is 47.4. The van der Waals surface area contributed by atoms with E-state index in [1.807, 2.05) is 12.1 Å². The molecule has 82 heavy (non-hydrogen) atoms. The van der Waals surface area contributed by atoms with E-state index in [0.29, 0.717) is 11.4 Å². The summed E-state index contributed by atoms with van der Waals surface area (Å²) in [5.41, 5.74) is 23.3. The van der Waals surface area contributed by atoms with Crippen molar-refractivity contribution in [2.45, 2.75) is 182 Å². The molecule has 6 nitrogen and oxygen atoms in total. The summed E-state index contributed by atoms with van der Waals surface area (Å²) < 4.78 is 24.9. The molecule has 5 aromatic carbocycles. The Morgan fingerprint density at radius 3 is 0.817 bits per heavy atom. The third kappa shape index (κ3) is 21.2. The van der Waals surface area contributed by atoms with Crippen LogP contribution in [0.4, 0.5) is 11.4 Å². The summed E-state index contributed by atoms with van der Waals surface area (Å²) >= 11 is 3.52. The Kier molecular flexibility index (Phi) is 28.1. The standard InChI is InChI=1S/C74H96N2O4S2/c1-5-9-13-17-21-25-49-77-61-37-29-57(30-38-61)67(58-31-39-62(40-32-58)78-50-26-22-18-14-10-6-2)53-65-45-47-73(81-65)69-55-71(75)72(76)56-70(69)74-48-46-66(82-74)54-68(59-33-41-63(42-34-59)79-51-27-23-19-15-11-7-3)60-35-43-64(44-36-60)80-52-28-24-20-16-12-8-4/h29-48,53-56H,5-28,49-52,75-76H2,1-4H3. The predicted molar refractivity (Wildman–Crippen MR) is 357 cm³/mol. The van der Waals surface area contributed by atoms with Crippen molar-refractivity contribution in [2.75, 3.05) is 37.9 Å². The fourth-order valence-electron chi connectivity index (χ4n) is 10.4. The van der Waals surface area contributed by atoms with Gasteiger partial charge in [0.15, 0.2) is 0 Å². The Balaban J connectivity index is 1.13. The molecule has 0 bridgehead atoms. The van der Waals surface area contributed by atoms with Crippen LogP contribution in [-0.4, -0.2) is 26.4 Å². The Hall–Kier alpha value is -6.22. The van der Waals surface area contributed by atoms with Gasteiger partial charge in [0.25, 0.3) is 0 Å². The lowest BCUT2D eigenvalue weighted by molar-refractivity contribution is 0.304. The number of ether oxygens (including phenoxy) is 4. The Morgan fingerprint density at radius 1 is 0.317 bits per heavy atom. The largest absolute Gasteiger partial charge is 0.494 e. The second-order valence-corrected chi connectivity index (χ2v) is 24.3. The maximum Gasteiger partial charge on any atom is 0.119 e. The highest BCUT2D eigenvalue weighted by molar-refractivity contribution is 7.17. The van der Waals surface area contributed by atoms with Crippen molar-refractivity contribution in [3.63, 3.8) is 0 Å². The predicted octanol–water partition coefficient (Wildman–Crippen LogP) is 22.4. The third-order valence-electron chi connectivity index (χ3n) is 15.3. The normalized spacial score (nSPS) is 11.2. The highest BCUT2D eigenvalue weighted by Crippen LogP contribution is 2.44. The highest BCUT2D eigenvalue weighted by Gasteiger charge is 2.17. The van der Waals surface area contributed by atoms with E-state index in [1.54, 1.807) is 22.7 Å².